The molecule has 2 rings (SSSR count). The lowest BCUT2D eigenvalue weighted by Gasteiger charge is -2.15. The van der Waals surface area contributed by atoms with Gasteiger partial charge in [-0.15, -0.1) is 11.3 Å². The minimum atomic E-state index is -4.15. The summed E-state index contributed by atoms with van der Waals surface area (Å²) in [5.74, 6) is -0.340. The van der Waals surface area contributed by atoms with Gasteiger partial charge in [-0.3, -0.25) is 0 Å². The lowest BCUT2D eigenvalue weighted by atomic mass is 10.1. The van der Waals surface area contributed by atoms with Gasteiger partial charge in [0.2, 0.25) is 0 Å². The normalized spacial score (nSPS) is 13.9. The molecule has 0 amide bonds. The van der Waals surface area contributed by atoms with Crippen LogP contribution in [-0.4, -0.2) is 13.2 Å². The summed E-state index contributed by atoms with van der Waals surface area (Å²) >= 11 is 1.39. The first-order chi connectivity index (χ1) is 8.89. The molecular weight excluding hydrogens is 278 g/mol. The summed E-state index contributed by atoms with van der Waals surface area (Å²) in [6.07, 6.45) is -5.01. The Balaban J connectivity index is 2.20. The minimum absolute atomic E-state index is 0.0185. The van der Waals surface area contributed by atoms with Gasteiger partial charge in [-0.1, -0.05) is 0 Å². The Hall–Kier alpha value is -1.14. The zero-order chi connectivity index (χ0) is 14.0. The van der Waals surface area contributed by atoms with E-state index in [9.17, 15) is 17.6 Å². The van der Waals surface area contributed by atoms with Crippen LogP contribution >= 0.6 is 11.3 Å². The fraction of sp³-hybridized carbons (Fsp3) is 0.385. The van der Waals surface area contributed by atoms with Crippen LogP contribution in [0.15, 0.2) is 24.3 Å². The van der Waals surface area contributed by atoms with E-state index >= 15 is 0 Å². The Morgan fingerprint density at radius 1 is 1.26 bits per heavy atom. The smallest absolute Gasteiger partial charge is 0.312 e. The van der Waals surface area contributed by atoms with Crippen molar-refractivity contribution in [3.8, 4) is 0 Å². The summed E-state index contributed by atoms with van der Waals surface area (Å²) in [4.78, 5) is 0.798. The van der Waals surface area contributed by atoms with Gasteiger partial charge in [0.25, 0.3) is 0 Å². The second-order valence-corrected chi connectivity index (χ2v) is 5.44. The molecule has 1 aromatic carbocycles. The topological polar surface area (TPSA) is 12.0 Å². The number of nitrogens with one attached hydrogen (secondary N) is 1. The number of halogens is 4. The van der Waals surface area contributed by atoms with Crippen molar-refractivity contribution in [3.63, 3.8) is 0 Å². The number of thiophene rings is 1. The molecule has 0 fully saturated rings. The summed E-state index contributed by atoms with van der Waals surface area (Å²) in [7, 11) is 1.63. The molecule has 0 aliphatic heterocycles. The van der Waals surface area contributed by atoms with Crippen molar-refractivity contribution in [2.24, 2.45) is 0 Å². The van der Waals surface area contributed by atoms with Crippen LogP contribution in [0.2, 0.25) is 0 Å². The second-order valence-electron chi connectivity index (χ2n) is 4.33. The largest absolute Gasteiger partial charge is 0.389 e. The molecule has 19 heavy (non-hydrogen) atoms. The summed E-state index contributed by atoms with van der Waals surface area (Å²) in [5.41, 5.74) is 0. The molecular formula is C13H13F4NS. The molecule has 1 nitrogen and oxygen atoms in total. The highest BCUT2D eigenvalue weighted by atomic mass is 32.1. The Morgan fingerprint density at radius 3 is 2.63 bits per heavy atom. The Bertz CT molecular complexity index is 561. The molecule has 0 aliphatic carbocycles. The van der Waals surface area contributed by atoms with E-state index in [1.165, 1.54) is 23.5 Å². The van der Waals surface area contributed by atoms with Crippen molar-refractivity contribution < 1.29 is 17.6 Å². The van der Waals surface area contributed by atoms with Crippen LogP contribution in [0.5, 0.6) is 0 Å². The third-order valence-electron chi connectivity index (χ3n) is 2.91. The van der Waals surface area contributed by atoms with E-state index < -0.39 is 12.6 Å². The molecule has 1 heterocycles. The average Bonchev–Trinajstić information content (AvgIpc) is 2.71. The number of alkyl halides is 3. The Morgan fingerprint density at radius 2 is 2.00 bits per heavy atom. The van der Waals surface area contributed by atoms with Crippen LogP contribution in [0, 0.1) is 5.82 Å². The van der Waals surface area contributed by atoms with Crippen molar-refractivity contribution in [2.75, 3.05) is 7.05 Å². The minimum Gasteiger partial charge on any atom is -0.312 e. The zero-order valence-corrected chi connectivity index (χ0v) is 11.0. The molecule has 0 spiro atoms. The molecule has 1 atom stereocenters. The fourth-order valence-electron chi connectivity index (χ4n) is 1.94. The van der Waals surface area contributed by atoms with E-state index in [1.54, 1.807) is 19.2 Å². The molecule has 0 saturated heterocycles. The van der Waals surface area contributed by atoms with Gasteiger partial charge in [-0.2, -0.15) is 13.2 Å². The molecule has 0 aliphatic rings. The van der Waals surface area contributed by atoms with Gasteiger partial charge in [-0.05, 0) is 43.1 Å². The SMILES string of the molecule is CNC(CCC(F)(F)F)c1cc2cc(F)ccc2s1. The van der Waals surface area contributed by atoms with Crippen LogP contribution in [0.3, 0.4) is 0 Å². The molecule has 0 bridgehead atoms. The van der Waals surface area contributed by atoms with Crippen LogP contribution in [-0.2, 0) is 0 Å². The van der Waals surface area contributed by atoms with Gasteiger partial charge in [-0.25, -0.2) is 4.39 Å². The standard InChI is InChI=1S/C13H13F4NS/c1-18-10(4-5-13(15,16)17)12-7-8-6-9(14)2-3-11(8)19-12/h2-3,6-7,10,18H,4-5H2,1H3. The lowest BCUT2D eigenvalue weighted by molar-refractivity contribution is -0.136. The first kappa shape index (κ1) is 14.3. The maximum atomic E-state index is 13.1. The Labute approximate surface area is 112 Å². The van der Waals surface area contributed by atoms with Gasteiger partial charge in [0.1, 0.15) is 5.82 Å². The molecule has 104 valence electrons. The third-order valence-corrected chi connectivity index (χ3v) is 4.14. The van der Waals surface area contributed by atoms with Crippen molar-refractivity contribution in [1.82, 2.24) is 5.32 Å². The van der Waals surface area contributed by atoms with Crippen LogP contribution in [0.4, 0.5) is 17.6 Å². The molecule has 6 heteroatoms. The fourth-order valence-corrected chi connectivity index (χ4v) is 3.13. The van der Waals surface area contributed by atoms with Gasteiger partial charge >= 0.3 is 6.18 Å². The van der Waals surface area contributed by atoms with Gasteiger partial charge in [0.05, 0.1) is 0 Å². The first-order valence-corrected chi connectivity index (χ1v) is 6.64. The van der Waals surface area contributed by atoms with E-state index in [1.807, 2.05) is 0 Å². The highest BCUT2D eigenvalue weighted by Crippen LogP contribution is 2.34. The van der Waals surface area contributed by atoms with E-state index in [0.717, 1.165) is 15.0 Å². The summed E-state index contributed by atoms with van der Waals surface area (Å²) in [6.45, 7) is 0. The van der Waals surface area contributed by atoms with E-state index in [4.69, 9.17) is 0 Å². The van der Waals surface area contributed by atoms with E-state index in [-0.39, 0.29) is 18.3 Å². The van der Waals surface area contributed by atoms with Crippen LogP contribution in [0.1, 0.15) is 23.8 Å². The zero-order valence-electron chi connectivity index (χ0n) is 10.2. The molecule has 1 N–H and O–H groups in total. The van der Waals surface area contributed by atoms with Crippen LogP contribution < -0.4 is 5.32 Å². The predicted molar refractivity (Wildman–Crippen MR) is 68.9 cm³/mol. The maximum absolute atomic E-state index is 13.1. The summed E-state index contributed by atoms with van der Waals surface area (Å²) < 4.78 is 50.7. The molecule has 1 aromatic heterocycles. The summed E-state index contributed by atoms with van der Waals surface area (Å²) in [5, 5.41) is 3.61. The summed E-state index contributed by atoms with van der Waals surface area (Å²) in [6, 6.07) is 5.79. The first-order valence-electron chi connectivity index (χ1n) is 5.82. The van der Waals surface area contributed by atoms with Gasteiger partial charge in [0, 0.05) is 22.0 Å². The average molecular weight is 291 g/mol. The van der Waals surface area contributed by atoms with Crippen molar-refractivity contribution in [1.29, 1.82) is 0 Å². The van der Waals surface area contributed by atoms with Crippen molar-refractivity contribution >= 4 is 21.4 Å². The second kappa shape index (κ2) is 5.46. The quantitative estimate of drug-likeness (QED) is 0.809. The number of hydrogen-bond acceptors (Lipinski definition) is 2. The van der Waals surface area contributed by atoms with E-state index in [0.29, 0.717) is 0 Å². The number of rotatable bonds is 4. The monoisotopic (exact) mass is 291 g/mol. The highest BCUT2D eigenvalue weighted by molar-refractivity contribution is 7.19. The predicted octanol–water partition coefficient (Wildman–Crippen LogP) is 4.64. The van der Waals surface area contributed by atoms with Crippen molar-refractivity contribution in [3.05, 3.63) is 35.0 Å². The maximum Gasteiger partial charge on any atom is 0.389 e. The Kier molecular flexibility index (Phi) is 4.10. The highest BCUT2D eigenvalue weighted by Gasteiger charge is 2.28. The van der Waals surface area contributed by atoms with Crippen LogP contribution in [0.25, 0.3) is 10.1 Å². The third kappa shape index (κ3) is 3.67. The number of hydrogen-bond donors (Lipinski definition) is 1. The molecule has 0 saturated carbocycles. The molecule has 2 aromatic rings. The number of benzene rings is 1. The van der Waals surface area contributed by atoms with E-state index in [2.05, 4.69) is 5.32 Å². The van der Waals surface area contributed by atoms with Gasteiger partial charge < -0.3 is 5.32 Å². The molecule has 0 radical (unpaired) electrons. The number of fused-ring (bicyclic) bond motifs is 1. The van der Waals surface area contributed by atoms with Crippen molar-refractivity contribution in [2.45, 2.75) is 25.1 Å². The lowest BCUT2D eigenvalue weighted by Crippen LogP contribution is -2.18. The van der Waals surface area contributed by atoms with Gasteiger partial charge in [0.15, 0.2) is 0 Å². The molecule has 1 unspecified atom stereocenters.